The molecule has 7 heteroatoms. The Labute approximate surface area is 142 Å². The molecule has 0 bridgehead atoms. The van der Waals surface area contributed by atoms with Gasteiger partial charge in [-0.2, -0.15) is 4.39 Å². The van der Waals surface area contributed by atoms with Crippen LogP contribution in [0.4, 0.5) is 22.0 Å². The molecule has 0 fully saturated rings. The van der Waals surface area contributed by atoms with Crippen molar-refractivity contribution in [2.45, 2.75) is 32.5 Å². The molecule has 25 heavy (non-hydrogen) atoms. The fraction of sp³-hybridized carbons (Fsp3) is 0.333. The van der Waals surface area contributed by atoms with Gasteiger partial charge in [-0.1, -0.05) is 31.9 Å². The molecule has 0 atom stereocenters. The molecule has 0 saturated carbocycles. The molecule has 0 unspecified atom stereocenters. The molecule has 0 amide bonds. The predicted octanol–water partition coefficient (Wildman–Crippen LogP) is 6.10. The number of ether oxygens (including phenoxy) is 2. The van der Waals surface area contributed by atoms with Crippen molar-refractivity contribution in [3.8, 4) is 22.6 Å². The Hall–Kier alpha value is -2.31. The van der Waals surface area contributed by atoms with E-state index in [2.05, 4.69) is 4.74 Å². The van der Waals surface area contributed by atoms with Crippen LogP contribution < -0.4 is 9.47 Å². The predicted molar refractivity (Wildman–Crippen MR) is 83.5 cm³/mol. The second-order valence-electron chi connectivity index (χ2n) is 5.37. The lowest BCUT2D eigenvalue weighted by Crippen LogP contribution is -2.16. The van der Waals surface area contributed by atoms with Crippen molar-refractivity contribution < 1.29 is 31.4 Å². The average Bonchev–Trinajstić information content (AvgIpc) is 2.55. The van der Waals surface area contributed by atoms with Gasteiger partial charge in [0.2, 0.25) is 5.82 Å². The van der Waals surface area contributed by atoms with E-state index in [-0.39, 0.29) is 23.5 Å². The van der Waals surface area contributed by atoms with E-state index >= 15 is 0 Å². The summed E-state index contributed by atoms with van der Waals surface area (Å²) in [4.78, 5) is 0. The van der Waals surface area contributed by atoms with Gasteiger partial charge < -0.3 is 9.47 Å². The summed E-state index contributed by atoms with van der Waals surface area (Å²) in [6, 6.07) is 7.15. The lowest BCUT2D eigenvalue weighted by molar-refractivity contribution is -0.274. The minimum atomic E-state index is -4.81. The summed E-state index contributed by atoms with van der Waals surface area (Å²) in [7, 11) is 0. The molecule has 0 aliphatic rings. The van der Waals surface area contributed by atoms with E-state index in [9.17, 15) is 22.0 Å². The molecule has 0 aliphatic carbocycles. The molecule has 2 aromatic carbocycles. The molecular formula is C18H17F5O2. The Balaban J connectivity index is 2.15. The number of hydrogen-bond acceptors (Lipinski definition) is 2. The molecule has 2 nitrogen and oxygen atoms in total. The van der Waals surface area contributed by atoms with Crippen LogP contribution in [0.3, 0.4) is 0 Å². The number of hydrogen-bond donors (Lipinski definition) is 0. The maximum Gasteiger partial charge on any atom is 0.573 e. The molecular weight excluding hydrogens is 343 g/mol. The Morgan fingerprint density at radius 2 is 1.56 bits per heavy atom. The Bertz CT molecular complexity index is 696. The number of alkyl halides is 3. The Morgan fingerprint density at radius 1 is 0.880 bits per heavy atom. The van der Waals surface area contributed by atoms with E-state index in [4.69, 9.17) is 4.74 Å². The minimum absolute atomic E-state index is 0.0723. The van der Waals surface area contributed by atoms with E-state index in [0.717, 1.165) is 31.4 Å². The van der Waals surface area contributed by atoms with Crippen LogP contribution in [0.2, 0.25) is 0 Å². The van der Waals surface area contributed by atoms with Crippen LogP contribution in [0.5, 0.6) is 11.5 Å². The van der Waals surface area contributed by atoms with Gasteiger partial charge in [-0.3, -0.25) is 0 Å². The third-order valence-electron chi connectivity index (χ3n) is 3.45. The Morgan fingerprint density at radius 3 is 2.16 bits per heavy atom. The summed E-state index contributed by atoms with van der Waals surface area (Å²) in [5, 5.41) is 0. The van der Waals surface area contributed by atoms with E-state index in [1.54, 1.807) is 0 Å². The fourth-order valence-electron chi connectivity index (χ4n) is 2.24. The van der Waals surface area contributed by atoms with Crippen molar-refractivity contribution >= 4 is 0 Å². The molecule has 0 aromatic heterocycles. The van der Waals surface area contributed by atoms with Crippen molar-refractivity contribution in [2.75, 3.05) is 6.61 Å². The summed E-state index contributed by atoms with van der Waals surface area (Å²) in [6.07, 6.45) is -2.17. The first-order valence-corrected chi connectivity index (χ1v) is 7.79. The van der Waals surface area contributed by atoms with Gasteiger partial charge in [-0.15, -0.1) is 13.2 Å². The largest absolute Gasteiger partial charge is 0.573 e. The zero-order chi connectivity index (χ0) is 18.4. The van der Waals surface area contributed by atoms with Gasteiger partial charge in [-0.25, -0.2) is 4.39 Å². The first-order valence-electron chi connectivity index (χ1n) is 7.79. The van der Waals surface area contributed by atoms with Gasteiger partial charge in [0.25, 0.3) is 0 Å². The number of rotatable bonds is 7. The summed E-state index contributed by atoms with van der Waals surface area (Å²) < 4.78 is 73.7. The molecule has 136 valence electrons. The second-order valence-corrected chi connectivity index (χ2v) is 5.37. The van der Waals surface area contributed by atoms with Crippen LogP contribution >= 0.6 is 0 Å². The first kappa shape index (κ1) is 19.0. The highest BCUT2D eigenvalue weighted by molar-refractivity contribution is 5.66. The summed E-state index contributed by atoms with van der Waals surface area (Å²) >= 11 is 0. The van der Waals surface area contributed by atoms with Gasteiger partial charge in [0, 0.05) is 5.56 Å². The topological polar surface area (TPSA) is 18.5 Å². The minimum Gasteiger partial charge on any atom is -0.490 e. The van der Waals surface area contributed by atoms with Gasteiger partial charge in [0.15, 0.2) is 11.6 Å². The molecule has 2 aromatic rings. The van der Waals surface area contributed by atoms with Crippen LogP contribution in [0, 0.1) is 11.6 Å². The van der Waals surface area contributed by atoms with Crippen molar-refractivity contribution in [3.05, 3.63) is 48.0 Å². The third-order valence-corrected chi connectivity index (χ3v) is 3.45. The van der Waals surface area contributed by atoms with Crippen LogP contribution in [0.1, 0.15) is 26.2 Å². The van der Waals surface area contributed by atoms with E-state index in [1.165, 1.54) is 24.3 Å². The van der Waals surface area contributed by atoms with Crippen LogP contribution in [0.15, 0.2) is 36.4 Å². The van der Waals surface area contributed by atoms with Crippen molar-refractivity contribution in [2.24, 2.45) is 0 Å². The maximum atomic E-state index is 14.2. The molecule has 2 rings (SSSR count). The van der Waals surface area contributed by atoms with Crippen LogP contribution in [0.25, 0.3) is 11.1 Å². The normalized spacial score (nSPS) is 11.4. The zero-order valence-electron chi connectivity index (χ0n) is 13.5. The highest BCUT2D eigenvalue weighted by Crippen LogP contribution is 2.32. The van der Waals surface area contributed by atoms with Crippen LogP contribution in [-0.4, -0.2) is 13.0 Å². The summed E-state index contributed by atoms with van der Waals surface area (Å²) in [6.45, 7) is 2.30. The molecule has 0 N–H and O–H groups in total. The first-order chi connectivity index (χ1) is 11.8. The summed E-state index contributed by atoms with van der Waals surface area (Å²) in [5.74, 6) is -2.86. The number of halogens is 5. The molecule has 0 radical (unpaired) electrons. The van der Waals surface area contributed by atoms with E-state index in [0.29, 0.717) is 0 Å². The number of benzene rings is 2. The highest BCUT2D eigenvalue weighted by atomic mass is 19.4. The lowest BCUT2D eigenvalue weighted by Gasteiger charge is -2.12. The molecule has 0 saturated heterocycles. The Kier molecular flexibility index (Phi) is 6.22. The van der Waals surface area contributed by atoms with Gasteiger partial charge in [-0.05, 0) is 36.2 Å². The fourth-order valence-corrected chi connectivity index (χ4v) is 2.24. The smallest absolute Gasteiger partial charge is 0.490 e. The quantitative estimate of drug-likeness (QED) is 0.439. The average molecular weight is 360 g/mol. The maximum absolute atomic E-state index is 14.2. The highest BCUT2D eigenvalue weighted by Gasteiger charge is 2.31. The second kappa shape index (κ2) is 8.18. The molecule has 0 spiro atoms. The standard InChI is InChI=1S/C18H17F5O2/c1-2-3-4-11-24-15-10-9-14(16(19)17(15)20)12-5-7-13(8-6-12)25-18(21,22)23/h5-10H,2-4,11H2,1H3. The third kappa shape index (κ3) is 5.34. The summed E-state index contributed by atoms with van der Waals surface area (Å²) in [5.41, 5.74) is 0.153. The monoisotopic (exact) mass is 360 g/mol. The number of unbranched alkanes of at least 4 members (excludes halogenated alkanes) is 2. The van der Waals surface area contributed by atoms with Gasteiger partial charge >= 0.3 is 6.36 Å². The van der Waals surface area contributed by atoms with Crippen molar-refractivity contribution in [1.82, 2.24) is 0 Å². The van der Waals surface area contributed by atoms with Gasteiger partial charge in [0.05, 0.1) is 6.61 Å². The van der Waals surface area contributed by atoms with E-state index < -0.39 is 23.7 Å². The van der Waals surface area contributed by atoms with Gasteiger partial charge in [0.1, 0.15) is 5.75 Å². The molecule has 0 heterocycles. The van der Waals surface area contributed by atoms with Crippen molar-refractivity contribution in [3.63, 3.8) is 0 Å². The lowest BCUT2D eigenvalue weighted by atomic mass is 10.0. The van der Waals surface area contributed by atoms with E-state index in [1.807, 2.05) is 6.92 Å². The SMILES string of the molecule is CCCCCOc1ccc(-c2ccc(OC(F)(F)F)cc2)c(F)c1F. The van der Waals surface area contributed by atoms with Crippen molar-refractivity contribution in [1.29, 1.82) is 0 Å². The molecule has 0 aliphatic heterocycles. The van der Waals surface area contributed by atoms with Crippen LogP contribution in [-0.2, 0) is 0 Å². The zero-order valence-corrected chi connectivity index (χ0v) is 13.5.